The van der Waals surface area contributed by atoms with E-state index in [2.05, 4.69) is 101 Å². The van der Waals surface area contributed by atoms with Crippen molar-refractivity contribution in [3.63, 3.8) is 0 Å². The maximum atomic E-state index is 13.7. The van der Waals surface area contributed by atoms with Crippen molar-refractivity contribution in [1.29, 1.82) is 0 Å². The zero-order valence-corrected chi connectivity index (χ0v) is 65.9. The molecule has 10 rings (SSSR count). The number of aryl methyl sites for hydroxylation is 8. The van der Waals surface area contributed by atoms with Crippen LogP contribution in [0.5, 0.6) is 0 Å². The fourth-order valence-corrected chi connectivity index (χ4v) is 14.0. The molecule has 570 valence electrons. The van der Waals surface area contributed by atoms with Crippen molar-refractivity contribution in [3.8, 4) is 22.3 Å². The third kappa shape index (κ3) is 22.3. The van der Waals surface area contributed by atoms with Crippen LogP contribution in [0.25, 0.3) is 33.2 Å². The topological polar surface area (TPSA) is 256 Å². The van der Waals surface area contributed by atoms with E-state index in [-0.39, 0.29) is 88.8 Å². The molecule has 1 fully saturated rings. The van der Waals surface area contributed by atoms with Gasteiger partial charge in [0.25, 0.3) is 16.7 Å². The lowest BCUT2D eigenvalue weighted by Gasteiger charge is -2.31. The standard InChI is InChI=1S/C30H37N3O3.C29H36N4O4.C29H35N3O3/c1-18(2)11-27(33-17-22(6)21(5)12-28(33)35)30(36)32-26(13-23(7)34)24-14-25(16-31-15-24)29-19(3)9-8-10-20(29)4;1-19(2)15-27(33-18-30-24-8-6-5-7-23(24)29(33)36)28(35)31-25(16-21(4)34)22-10-9-20(3)26(17-22)32-11-13-37-14-12-32;1-18(2)12-26(32-11-10-19(3)13-27(32)34)29(35)31-25(14-22(6)33)23-15-24(17-30-16-23)28-20(4)8-7-9-21(28)5/h8-10,12,14-18,26-27H,11,13H2,1-7H3,(H,32,36);5-10,17-19,25,27H,11-16H2,1-4H3,(H,31,35);7-11,13,15-18,25-26H,12,14H2,1-6H3,(H,31,35)/t26-,27+;25-,27+;25-,26?/m111/s1. The molecule has 3 N–H and O–H groups in total. The number of hydrogen-bond donors (Lipinski definition) is 3. The predicted molar refractivity (Wildman–Crippen MR) is 428 cm³/mol. The fourth-order valence-electron chi connectivity index (χ4n) is 14.0. The molecule has 20 heteroatoms. The number of morpholine rings is 1. The van der Waals surface area contributed by atoms with Crippen LogP contribution in [0.15, 0.2) is 167 Å². The number of rotatable bonds is 27. The van der Waals surface area contributed by atoms with E-state index < -0.39 is 36.3 Å². The van der Waals surface area contributed by atoms with Gasteiger partial charge < -0.3 is 34.7 Å². The third-order valence-corrected chi connectivity index (χ3v) is 19.6. The first-order valence-corrected chi connectivity index (χ1v) is 37.5. The number of ether oxygens (including phenoxy) is 1. The van der Waals surface area contributed by atoms with Crippen molar-refractivity contribution in [2.45, 2.75) is 192 Å². The summed E-state index contributed by atoms with van der Waals surface area (Å²) in [5.74, 6) is -0.425. The first-order valence-electron chi connectivity index (χ1n) is 37.5. The smallest absolute Gasteiger partial charge is 0.261 e. The Hall–Kier alpha value is -10.6. The van der Waals surface area contributed by atoms with Crippen LogP contribution in [0, 0.1) is 73.1 Å². The first-order chi connectivity index (χ1) is 51.3. The molecular weight excluding hydrogens is 1360 g/mol. The van der Waals surface area contributed by atoms with Crippen LogP contribution < -0.4 is 37.5 Å². The summed E-state index contributed by atoms with van der Waals surface area (Å²) in [7, 11) is 0. The van der Waals surface area contributed by atoms with E-state index in [1.165, 1.54) is 46.9 Å². The Balaban J connectivity index is 0.000000204. The molecule has 1 saturated heterocycles. The molecule has 0 aliphatic carbocycles. The number of hydrogen-bond acceptors (Lipinski definition) is 14. The summed E-state index contributed by atoms with van der Waals surface area (Å²) in [6.45, 7) is 35.5. The van der Waals surface area contributed by atoms with Gasteiger partial charge in [0.05, 0.1) is 48.6 Å². The molecule has 9 aromatic rings. The third-order valence-electron chi connectivity index (χ3n) is 19.6. The normalized spacial score (nSPS) is 13.8. The molecule has 0 spiro atoms. The number of pyridine rings is 4. The van der Waals surface area contributed by atoms with Crippen LogP contribution in [-0.4, -0.2) is 90.0 Å². The molecule has 5 aromatic heterocycles. The van der Waals surface area contributed by atoms with Gasteiger partial charge in [0.1, 0.15) is 35.5 Å². The quantitative estimate of drug-likeness (QED) is 0.0433. The minimum absolute atomic E-state index is 0.0243. The lowest BCUT2D eigenvalue weighted by Crippen LogP contribution is -2.40. The molecule has 0 radical (unpaired) electrons. The molecule has 108 heavy (non-hydrogen) atoms. The van der Waals surface area contributed by atoms with Crippen molar-refractivity contribution >= 4 is 51.7 Å². The summed E-state index contributed by atoms with van der Waals surface area (Å²) in [4.78, 5) is 132. The van der Waals surface area contributed by atoms with Crippen molar-refractivity contribution in [3.05, 3.63) is 245 Å². The number of amides is 3. The van der Waals surface area contributed by atoms with Gasteiger partial charge in [-0.05, 0) is 222 Å². The Morgan fingerprint density at radius 3 is 1.36 bits per heavy atom. The zero-order chi connectivity index (χ0) is 78.8. The van der Waals surface area contributed by atoms with Gasteiger partial charge >= 0.3 is 0 Å². The summed E-state index contributed by atoms with van der Waals surface area (Å²) in [6.07, 6.45) is 13.8. The Morgan fingerprint density at radius 1 is 0.454 bits per heavy atom. The van der Waals surface area contributed by atoms with Gasteiger partial charge in [-0.1, -0.05) is 102 Å². The van der Waals surface area contributed by atoms with Gasteiger partial charge in [-0.2, -0.15) is 0 Å². The van der Waals surface area contributed by atoms with Gasteiger partial charge in [-0.3, -0.25) is 57.7 Å². The summed E-state index contributed by atoms with van der Waals surface area (Å²) in [5, 5.41) is 9.71. The van der Waals surface area contributed by atoms with Crippen molar-refractivity contribution in [2.24, 2.45) is 17.8 Å². The highest BCUT2D eigenvalue weighted by Gasteiger charge is 2.32. The number of aromatic nitrogens is 6. The summed E-state index contributed by atoms with van der Waals surface area (Å²) in [6, 6.07) is 30.7. The number of benzene rings is 4. The van der Waals surface area contributed by atoms with Crippen LogP contribution >= 0.6 is 0 Å². The van der Waals surface area contributed by atoms with Gasteiger partial charge in [0.2, 0.25) is 17.7 Å². The number of fused-ring (bicyclic) bond motifs is 1. The molecule has 1 aliphatic rings. The Bertz CT molecular complexity index is 4850. The molecule has 20 nitrogen and oxygen atoms in total. The van der Waals surface area contributed by atoms with E-state index in [1.807, 2.05) is 117 Å². The monoisotopic (exact) mass is 1460 g/mol. The molecule has 6 heterocycles. The molecule has 0 bridgehead atoms. The van der Waals surface area contributed by atoms with E-state index in [9.17, 15) is 43.2 Å². The SMILES string of the molecule is CC(=O)C[C@@H](NC(=O)C(CC(C)C)n1ccc(C)cc1=O)c1cncc(-c2c(C)cccc2C)c1.CC(=O)C[C@@H](NC(=O)[C@H](CC(C)C)n1cc(C)c(C)cc1=O)c1cncc(-c2c(C)cccc2C)c1.CC(=O)C[C@@H](NC(=O)[C@H](CC(C)C)n1cnc2ccccc2c1=O)c1ccc(C)c(N2CCOCC2)c1. The van der Waals surface area contributed by atoms with Gasteiger partial charge in [-0.15, -0.1) is 0 Å². The molecule has 6 atom stereocenters. The van der Waals surface area contributed by atoms with Gasteiger partial charge in [-0.25, -0.2) is 4.98 Å². The van der Waals surface area contributed by atoms with E-state index in [0.29, 0.717) is 43.4 Å². The van der Waals surface area contributed by atoms with E-state index in [0.717, 1.165) is 102 Å². The zero-order valence-electron chi connectivity index (χ0n) is 65.9. The summed E-state index contributed by atoms with van der Waals surface area (Å²) in [5.41, 5.74) is 15.8. The maximum absolute atomic E-state index is 13.7. The minimum Gasteiger partial charge on any atom is -0.378 e. The average molecular weight is 1470 g/mol. The maximum Gasteiger partial charge on any atom is 0.261 e. The lowest BCUT2D eigenvalue weighted by molar-refractivity contribution is -0.127. The van der Waals surface area contributed by atoms with Gasteiger partial charge in [0.15, 0.2) is 0 Å². The second-order valence-corrected chi connectivity index (χ2v) is 30.3. The number of Topliss-reactive ketones (excluding diaryl/α,β-unsaturated/α-hetero) is 3. The van der Waals surface area contributed by atoms with E-state index in [4.69, 9.17) is 4.74 Å². The molecule has 4 aromatic carbocycles. The second kappa shape index (κ2) is 38.3. The van der Waals surface area contributed by atoms with Crippen molar-refractivity contribution < 1.29 is 33.5 Å². The van der Waals surface area contributed by atoms with Crippen molar-refractivity contribution in [1.82, 2.24) is 44.6 Å². The summed E-state index contributed by atoms with van der Waals surface area (Å²) >= 11 is 0. The van der Waals surface area contributed by atoms with Crippen LogP contribution in [0.1, 0.15) is 198 Å². The fraction of sp³-hybridized carbons (Fsp3) is 0.409. The lowest BCUT2D eigenvalue weighted by atomic mass is 9.94. The molecule has 3 amide bonds. The largest absolute Gasteiger partial charge is 0.378 e. The van der Waals surface area contributed by atoms with E-state index in [1.54, 1.807) is 55.2 Å². The minimum atomic E-state index is -0.747. The average Bonchev–Trinajstić information content (AvgIpc) is 0.835. The van der Waals surface area contributed by atoms with Crippen molar-refractivity contribution in [2.75, 3.05) is 31.2 Å². The number of para-hydroxylation sites is 1. The number of anilines is 1. The van der Waals surface area contributed by atoms with E-state index >= 15 is 0 Å². The molecule has 0 saturated carbocycles. The highest BCUT2D eigenvalue weighted by atomic mass is 16.5. The number of carbonyl (C=O) groups is 6. The first kappa shape index (κ1) is 83.0. The Kier molecular flexibility index (Phi) is 29.4. The highest BCUT2D eigenvalue weighted by Crippen LogP contribution is 2.34. The predicted octanol–water partition coefficient (Wildman–Crippen LogP) is 14.8. The number of nitrogens with one attached hydrogen (secondary N) is 3. The number of nitrogens with zero attached hydrogens (tertiary/aromatic N) is 7. The molecule has 1 aliphatic heterocycles. The Morgan fingerprint density at radius 2 is 0.898 bits per heavy atom. The second-order valence-electron chi connectivity index (χ2n) is 30.3. The van der Waals surface area contributed by atoms with Gasteiger partial charge in [0, 0.05) is 98.5 Å². The molecule has 1 unspecified atom stereocenters. The highest BCUT2D eigenvalue weighted by molar-refractivity contribution is 5.86. The van der Waals surface area contributed by atoms with Crippen LogP contribution in [0.4, 0.5) is 5.69 Å². The molecular formula is C88H108N10O10. The van der Waals surface area contributed by atoms with Crippen LogP contribution in [0.2, 0.25) is 0 Å². The van der Waals surface area contributed by atoms with Crippen LogP contribution in [-0.2, 0) is 33.5 Å². The summed E-state index contributed by atoms with van der Waals surface area (Å²) < 4.78 is 9.94. The Labute approximate surface area is 635 Å². The van der Waals surface area contributed by atoms with Crippen LogP contribution in [0.3, 0.4) is 0 Å². The number of ketones is 3. The number of carbonyl (C=O) groups excluding carboxylic acids is 6.